The molecule has 1 rings (SSSR count). The molecule has 0 heterocycles. The molecular weight excluding hydrogens is 300 g/mol. The number of carbonyl (C=O) groups excluding carboxylic acids is 2. The maximum atomic E-state index is 11.8. The Kier molecular flexibility index (Phi) is 5.47. The molecule has 4 nitrogen and oxygen atoms in total. The Bertz CT molecular complexity index is 510. The molecule has 0 saturated heterocycles. The van der Waals surface area contributed by atoms with Gasteiger partial charge >= 0.3 is 5.97 Å². The van der Waals surface area contributed by atoms with E-state index in [1.165, 1.54) is 25.1 Å². The molecule has 0 spiro atoms. The molecule has 7 heteroatoms. The normalized spacial score (nSPS) is 9.56. The number of halogens is 3. The molecule has 18 heavy (non-hydrogen) atoms. The molecule has 0 aliphatic carbocycles. The van der Waals surface area contributed by atoms with Crippen LogP contribution in [0.5, 0.6) is 5.75 Å². The molecule has 0 radical (unpaired) electrons. The quantitative estimate of drug-likeness (QED) is 0.689. The van der Waals surface area contributed by atoms with Crippen LogP contribution in [0.4, 0.5) is 0 Å². The molecule has 0 aromatic heterocycles. The Labute approximate surface area is 118 Å². The Balaban J connectivity index is 3.04. The van der Waals surface area contributed by atoms with Gasteiger partial charge in [0.25, 0.3) is 5.91 Å². The molecule has 1 N–H and O–H groups in total. The predicted octanol–water partition coefficient (Wildman–Crippen LogP) is 3.27. The summed E-state index contributed by atoms with van der Waals surface area (Å²) in [6, 6.07) is 4.29. The zero-order chi connectivity index (χ0) is 13.7. The van der Waals surface area contributed by atoms with Crippen LogP contribution in [0.3, 0.4) is 0 Å². The van der Waals surface area contributed by atoms with Crippen molar-refractivity contribution < 1.29 is 14.3 Å². The first-order valence-electron chi connectivity index (χ1n) is 4.70. The number of amides is 1. The summed E-state index contributed by atoms with van der Waals surface area (Å²) in [6.07, 6.45) is 1.10. The van der Waals surface area contributed by atoms with Gasteiger partial charge in [-0.2, -0.15) is 0 Å². The smallest absolute Gasteiger partial charge is 0.308 e. The fourth-order valence-electron chi connectivity index (χ4n) is 1.12. The van der Waals surface area contributed by atoms with Crippen molar-refractivity contribution in [3.05, 3.63) is 39.5 Å². The number of carbonyl (C=O) groups is 2. The summed E-state index contributed by atoms with van der Waals surface area (Å²) in [5, 5.41) is 2.66. The molecule has 1 aromatic rings. The highest BCUT2D eigenvalue weighted by Gasteiger charge is 2.14. The number of nitrogens with one attached hydrogen (secondary N) is 1. The predicted molar refractivity (Wildman–Crippen MR) is 70.0 cm³/mol. The van der Waals surface area contributed by atoms with Gasteiger partial charge in [0.2, 0.25) is 0 Å². The third-order valence-electron chi connectivity index (χ3n) is 1.75. The Morgan fingerprint density at radius 1 is 1.33 bits per heavy atom. The minimum atomic E-state index is -0.549. The highest BCUT2D eigenvalue weighted by molar-refractivity contribution is 6.55. The summed E-state index contributed by atoms with van der Waals surface area (Å²) in [5.41, 5.74) is 0.100. The molecule has 0 atom stereocenters. The number of hydrogen-bond donors (Lipinski definition) is 1. The lowest BCUT2D eigenvalue weighted by Crippen LogP contribution is -2.19. The zero-order valence-electron chi connectivity index (χ0n) is 9.17. The number of ether oxygens (including phenoxy) is 1. The van der Waals surface area contributed by atoms with E-state index in [0.717, 1.165) is 6.20 Å². The van der Waals surface area contributed by atoms with Crippen molar-refractivity contribution in [3.63, 3.8) is 0 Å². The van der Waals surface area contributed by atoms with Crippen LogP contribution in [-0.2, 0) is 4.79 Å². The molecule has 1 aromatic carbocycles. The SMILES string of the molecule is CC(=O)Oc1ccc(Cl)cc1C(=O)NC=C(Cl)Cl. The van der Waals surface area contributed by atoms with Crippen LogP contribution in [0.15, 0.2) is 28.9 Å². The minimum absolute atomic E-state index is 0.100. The van der Waals surface area contributed by atoms with Crippen molar-refractivity contribution in [2.24, 2.45) is 0 Å². The van der Waals surface area contributed by atoms with Crippen molar-refractivity contribution in [2.75, 3.05) is 0 Å². The van der Waals surface area contributed by atoms with E-state index in [0.29, 0.717) is 5.02 Å². The van der Waals surface area contributed by atoms with Crippen molar-refractivity contribution in [3.8, 4) is 5.75 Å². The summed E-state index contributed by atoms with van der Waals surface area (Å²) in [5.74, 6) is -0.992. The number of hydrogen-bond acceptors (Lipinski definition) is 3. The van der Waals surface area contributed by atoms with Gasteiger partial charge in [0.1, 0.15) is 10.2 Å². The molecular formula is C11H8Cl3NO3. The first kappa shape index (κ1) is 14.8. The Morgan fingerprint density at radius 3 is 2.56 bits per heavy atom. The van der Waals surface area contributed by atoms with Gasteiger partial charge < -0.3 is 10.1 Å². The molecule has 1 amide bonds. The van der Waals surface area contributed by atoms with E-state index in [9.17, 15) is 9.59 Å². The molecule has 0 unspecified atom stereocenters. The Morgan fingerprint density at radius 2 is 2.00 bits per heavy atom. The van der Waals surface area contributed by atoms with E-state index in [1.54, 1.807) is 0 Å². The summed E-state index contributed by atoms with van der Waals surface area (Å²) in [6.45, 7) is 1.23. The van der Waals surface area contributed by atoms with E-state index in [4.69, 9.17) is 39.5 Å². The second kappa shape index (κ2) is 6.64. The third kappa shape index (κ3) is 4.56. The monoisotopic (exact) mass is 307 g/mol. The molecule has 96 valence electrons. The average molecular weight is 309 g/mol. The molecule has 0 saturated carbocycles. The third-order valence-corrected chi connectivity index (χ3v) is 2.21. The summed E-state index contributed by atoms with van der Waals surface area (Å²) in [4.78, 5) is 22.7. The first-order chi connectivity index (χ1) is 8.40. The van der Waals surface area contributed by atoms with Gasteiger partial charge in [-0.3, -0.25) is 9.59 Å². The van der Waals surface area contributed by atoms with Gasteiger partial charge in [-0.15, -0.1) is 0 Å². The fourth-order valence-corrected chi connectivity index (χ4v) is 1.40. The maximum Gasteiger partial charge on any atom is 0.308 e. The maximum absolute atomic E-state index is 11.8. The number of esters is 1. The van der Waals surface area contributed by atoms with Gasteiger partial charge in [-0.05, 0) is 18.2 Å². The van der Waals surface area contributed by atoms with Crippen molar-refractivity contribution in [2.45, 2.75) is 6.92 Å². The lowest BCUT2D eigenvalue weighted by Gasteiger charge is -2.08. The zero-order valence-corrected chi connectivity index (χ0v) is 11.4. The molecule has 0 fully saturated rings. The highest BCUT2D eigenvalue weighted by Crippen LogP contribution is 2.23. The topological polar surface area (TPSA) is 55.4 Å². The summed E-state index contributed by atoms with van der Waals surface area (Å²) >= 11 is 16.5. The van der Waals surface area contributed by atoms with Gasteiger partial charge in [0.15, 0.2) is 0 Å². The highest BCUT2D eigenvalue weighted by atomic mass is 35.5. The summed E-state index contributed by atoms with van der Waals surface area (Å²) in [7, 11) is 0. The second-order valence-electron chi connectivity index (χ2n) is 3.14. The van der Waals surface area contributed by atoms with Crippen LogP contribution in [0.1, 0.15) is 17.3 Å². The fraction of sp³-hybridized carbons (Fsp3) is 0.0909. The van der Waals surface area contributed by atoms with Crippen LogP contribution in [0.25, 0.3) is 0 Å². The van der Waals surface area contributed by atoms with Crippen LogP contribution in [-0.4, -0.2) is 11.9 Å². The van der Waals surface area contributed by atoms with Gasteiger partial charge in [0, 0.05) is 18.1 Å². The van der Waals surface area contributed by atoms with Crippen LogP contribution in [0, 0.1) is 0 Å². The van der Waals surface area contributed by atoms with Crippen LogP contribution >= 0.6 is 34.8 Å². The van der Waals surface area contributed by atoms with Crippen molar-refractivity contribution in [1.29, 1.82) is 0 Å². The molecule has 0 aliphatic heterocycles. The molecule has 0 bridgehead atoms. The van der Waals surface area contributed by atoms with E-state index in [-0.39, 0.29) is 15.8 Å². The summed E-state index contributed by atoms with van der Waals surface area (Å²) < 4.78 is 4.77. The van der Waals surface area contributed by atoms with Gasteiger partial charge in [-0.1, -0.05) is 34.8 Å². The van der Waals surface area contributed by atoms with Gasteiger partial charge in [-0.25, -0.2) is 0 Å². The number of rotatable bonds is 3. The standard InChI is InChI=1S/C11H8Cl3NO3/c1-6(16)18-9-3-2-7(12)4-8(9)11(17)15-5-10(13)14/h2-5H,1H3,(H,15,17). The Hall–Kier alpha value is -1.23. The lowest BCUT2D eigenvalue weighted by molar-refractivity contribution is -0.131. The largest absolute Gasteiger partial charge is 0.426 e. The molecule has 0 aliphatic rings. The van der Waals surface area contributed by atoms with Gasteiger partial charge in [0.05, 0.1) is 5.56 Å². The lowest BCUT2D eigenvalue weighted by atomic mass is 10.2. The number of benzene rings is 1. The van der Waals surface area contributed by atoms with Crippen molar-refractivity contribution >= 4 is 46.7 Å². The van der Waals surface area contributed by atoms with E-state index < -0.39 is 11.9 Å². The van der Waals surface area contributed by atoms with E-state index >= 15 is 0 Å². The van der Waals surface area contributed by atoms with Crippen LogP contribution in [0.2, 0.25) is 5.02 Å². The average Bonchev–Trinajstić information content (AvgIpc) is 2.27. The van der Waals surface area contributed by atoms with Crippen molar-refractivity contribution in [1.82, 2.24) is 5.32 Å². The second-order valence-corrected chi connectivity index (χ2v) is 4.59. The van der Waals surface area contributed by atoms with Crippen LogP contribution < -0.4 is 10.1 Å². The van der Waals surface area contributed by atoms with E-state index in [1.807, 2.05) is 0 Å². The minimum Gasteiger partial charge on any atom is -0.426 e. The van der Waals surface area contributed by atoms with E-state index in [2.05, 4.69) is 5.32 Å². The first-order valence-corrected chi connectivity index (χ1v) is 5.83.